The third-order valence-electron chi connectivity index (χ3n) is 2.42. The Kier molecular flexibility index (Phi) is 4.11. The van der Waals surface area contributed by atoms with Crippen molar-refractivity contribution in [1.29, 1.82) is 0 Å². The molecule has 2 rings (SSSR count). The quantitative estimate of drug-likeness (QED) is 0.634. The van der Waals surface area contributed by atoms with Crippen LogP contribution >= 0.6 is 11.6 Å². The van der Waals surface area contributed by atoms with Gasteiger partial charge in [-0.25, -0.2) is 0 Å². The standard InChI is InChI=1S/C12H7ClF3NO3S/c13-9-1-2-11(20-21(18,19)12(14,15)16)10(7-9)8-3-5-17-6-4-8/h1-7H. The highest BCUT2D eigenvalue weighted by Crippen LogP contribution is 2.35. The minimum Gasteiger partial charge on any atom is -0.375 e. The molecule has 9 heteroatoms. The van der Waals surface area contributed by atoms with Gasteiger partial charge in [0, 0.05) is 23.0 Å². The molecule has 0 radical (unpaired) electrons. The summed E-state index contributed by atoms with van der Waals surface area (Å²) in [6.45, 7) is 0. The Labute approximate surface area is 123 Å². The van der Waals surface area contributed by atoms with Crippen molar-refractivity contribution < 1.29 is 25.8 Å². The first kappa shape index (κ1) is 15.6. The van der Waals surface area contributed by atoms with E-state index in [1.165, 1.54) is 36.7 Å². The van der Waals surface area contributed by atoms with Crippen molar-refractivity contribution in [2.45, 2.75) is 5.51 Å². The van der Waals surface area contributed by atoms with E-state index < -0.39 is 21.4 Å². The minimum absolute atomic E-state index is 0.109. The van der Waals surface area contributed by atoms with E-state index in [0.717, 1.165) is 6.07 Å². The molecular weight excluding hydrogens is 331 g/mol. The number of hydrogen-bond donors (Lipinski definition) is 0. The predicted octanol–water partition coefficient (Wildman–Crippen LogP) is 3.63. The van der Waals surface area contributed by atoms with E-state index in [4.69, 9.17) is 11.6 Å². The summed E-state index contributed by atoms with van der Waals surface area (Å²) in [6, 6.07) is 6.56. The molecule has 0 amide bonds. The summed E-state index contributed by atoms with van der Waals surface area (Å²) in [4.78, 5) is 3.76. The predicted molar refractivity (Wildman–Crippen MR) is 70.3 cm³/mol. The molecule has 0 aliphatic rings. The lowest BCUT2D eigenvalue weighted by Gasteiger charge is -2.13. The van der Waals surface area contributed by atoms with E-state index in [2.05, 4.69) is 9.17 Å². The molecule has 0 saturated carbocycles. The van der Waals surface area contributed by atoms with E-state index in [0.29, 0.717) is 5.56 Å². The van der Waals surface area contributed by atoms with Crippen LogP contribution in [0.5, 0.6) is 5.75 Å². The number of hydrogen-bond acceptors (Lipinski definition) is 4. The summed E-state index contributed by atoms with van der Waals surface area (Å²) >= 11 is 5.79. The fraction of sp³-hybridized carbons (Fsp3) is 0.0833. The van der Waals surface area contributed by atoms with Gasteiger partial charge < -0.3 is 4.18 Å². The number of pyridine rings is 1. The highest BCUT2D eigenvalue weighted by atomic mass is 35.5. The highest BCUT2D eigenvalue weighted by Gasteiger charge is 2.48. The molecule has 0 unspecified atom stereocenters. The largest absolute Gasteiger partial charge is 0.534 e. The molecule has 0 aliphatic heterocycles. The summed E-state index contributed by atoms with van der Waals surface area (Å²) in [5, 5.41) is 0.221. The van der Waals surface area contributed by atoms with Gasteiger partial charge in [-0.1, -0.05) is 11.6 Å². The van der Waals surface area contributed by atoms with Gasteiger partial charge in [-0.2, -0.15) is 21.6 Å². The number of halogens is 4. The second-order valence-electron chi connectivity index (χ2n) is 3.86. The SMILES string of the molecule is O=S(=O)(Oc1ccc(Cl)cc1-c1ccncc1)C(F)(F)F. The Morgan fingerprint density at radius 2 is 1.71 bits per heavy atom. The Morgan fingerprint density at radius 3 is 2.29 bits per heavy atom. The first-order valence-corrected chi connectivity index (χ1v) is 7.20. The molecule has 112 valence electrons. The average molecular weight is 338 g/mol. The van der Waals surface area contributed by atoms with Crippen LogP contribution in [0.15, 0.2) is 42.7 Å². The molecule has 21 heavy (non-hydrogen) atoms. The molecule has 0 fully saturated rings. The second-order valence-corrected chi connectivity index (χ2v) is 5.83. The van der Waals surface area contributed by atoms with E-state index in [1.54, 1.807) is 0 Å². The molecule has 0 saturated heterocycles. The average Bonchev–Trinajstić information content (AvgIpc) is 2.40. The van der Waals surface area contributed by atoms with Crippen molar-refractivity contribution in [3.8, 4) is 16.9 Å². The Bertz CT molecular complexity index is 748. The normalized spacial score (nSPS) is 12.2. The molecule has 0 aliphatic carbocycles. The third-order valence-corrected chi connectivity index (χ3v) is 3.62. The van der Waals surface area contributed by atoms with E-state index in [1.807, 2.05) is 0 Å². The summed E-state index contributed by atoms with van der Waals surface area (Å²) < 4.78 is 63.5. The first-order valence-electron chi connectivity index (χ1n) is 5.41. The Balaban J connectivity index is 2.52. The van der Waals surface area contributed by atoms with E-state index >= 15 is 0 Å². The van der Waals surface area contributed by atoms with Crippen LogP contribution in [0.2, 0.25) is 5.02 Å². The van der Waals surface area contributed by atoms with Crippen LogP contribution in [-0.4, -0.2) is 18.9 Å². The van der Waals surface area contributed by atoms with Gasteiger partial charge in [0.1, 0.15) is 0 Å². The van der Waals surface area contributed by atoms with Crippen LogP contribution in [0.4, 0.5) is 13.2 Å². The zero-order valence-electron chi connectivity index (χ0n) is 10.1. The topological polar surface area (TPSA) is 56.3 Å². The van der Waals surface area contributed by atoms with Crippen LogP contribution in [0.25, 0.3) is 11.1 Å². The maximum Gasteiger partial charge on any atom is 0.534 e. The zero-order chi connectivity index (χ0) is 15.7. The monoisotopic (exact) mass is 337 g/mol. The number of rotatable bonds is 3. The zero-order valence-corrected chi connectivity index (χ0v) is 11.7. The number of nitrogens with zero attached hydrogens (tertiary/aromatic N) is 1. The van der Waals surface area contributed by atoms with Crippen LogP contribution in [0, 0.1) is 0 Å². The second kappa shape index (κ2) is 5.53. The van der Waals surface area contributed by atoms with Crippen LogP contribution < -0.4 is 4.18 Å². The molecule has 1 aromatic carbocycles. The van der Waals surface area contributed by atoms with Gasteiger partial charge in [0.2, 0.25) is 0 Å². The van der Waals surface area contributed by atoms with Gasteiger partial charge in [0.15, 0.2) is 5.75 Å². The molecule has 0 spiro atoms. The van der Waals surface area contributed by atoms with Crippen molar-refractivity contribution in [3.05, 3.63) is 47.7 Å². The fourth-order valence-electron chi connectivity index (χ4n) is 1.50. The minimum atomic E-state index is -5.75. The first-order chi connectivity index (χ1) is 9.71. The van der Waals surface area contributed by atoms with Crippen LogP contribution in [0.1, 0.15) is 0 Å². The van der Waals surface area contributed by atoms with Crippen molar-refractivity contribution in [2.24, 2.45) is 0 Å². The number of alkyl halides is 3. The molecule has 1 aromatic heterocycles. The number of aromatic nitrogens is 1. The maximum absolute atomic E-state index is 12.4. The third kappa shape index (κ3) is 3.45. The van der Waals surface area contributed by atoms with Crippen molar-refractivity contribution in [2.75, 3.05) is 0 Å². The number of benzene rings is 1. The lowest BCUT2D eigenvalue weighted by Crippen LogP contribution is -2.28. The molecule has 0 bridgehead atoms. The van der Waals surface area contributed by atoms with Gasteiger partial charge in [0.05, 0.1) is 0 Å². The van der Waals surface area contributed by atoms with E-state index in [-0.39, 0.29) is 10.6 Å². The summed E-state index contributed by atoms with van der Waals surface area (Å²) in [7, 11) is -5.75. The summed E-state index contributed by atoms with van der Waals surface area (Å²) in [5.74, 6) is -0.470. The molecule has 2 aromatic rings. The maximum atomic E-state index is 12.4. The van der Waals surface area contributed by atoms with Gasteiger partial charge in [-0.05, 0) is 35.9 Å². The van der Waals surface area contributed by atoms with Gasteiger partial charge in [-0.15, -0.1) is 0 Å². The lowest BCUT2D eigenvalue weighted by molar-refractivity contribution is -0.0499. The molecule has 4 nitrogen and oxygen atoms in total. The van der Waals surface area contributed by atoms with Gasteiger partial charge in [0.25, 0.3) is 0 Å². The Hall–Kier alpha value is -1.80. The summed E-state index contributed by atoms with van der Waals surface area (Å²) in [5.41, 5.74) is -4.99. The van der Waals surface area contributed by atoms with Crippen LogP contribution in [0.3, 0.4) is 0 Å². The van der Waals surface area contributed by atoms with Gasteiger partial charge in [-0.3, -0.25) is 4.98 Å². The fourth-order valence-corrected chi connectivity index (χ4v) is 2.15. The molecular formula is C12H7ClF3NO3S. The summed E-state index contributed by atoms with van der Waals surface area (Å²) in [6.07, 6.45) is 2.80. The highest BCUT2D eigenvalue weighted by molar-refractivity contribution is 7.88. The van der Waals surface area contributed by atoms with Gasteiger partial charge >= 0.3 is 15.6 Å². The molecule has 1 heterocycles. The Morgan fingerprint density at radius 1 is 1.10 bits per heavy atom. The molecule has 0 atom stereocenters. The van der Waals surface area contributed by atoms with E-state index in [9.17, 15) is 21.6 Å². The van der Waals surface area contributed by atoms with Crippen molar-refractivity contribution >= 4 is 21.7 Å². The van der Waals surface area contributed by atoms with Crippen molar-refractivity contribution in [3.63, 3.8) is 0 Å². The van der Waals surface area contributed by atoms with Crippen LogP contribution in [-0.2, 0) is 10.1 Å². The molecule has 0 N–H and O–H groups in total. The smallest absolute Gasteiger partial charge is 0.375 e. The lowest BCUT2D eigenvalue weighted by atomic mass is 10.1. The van der Waals surface area contributed by atoms with Crippen molar-refractivity contribution in [1.82, 2.24) is 4.98 Å².